The van der Waals surface area contributed by atoms with Crippen molar-refractivity contribution in [3.63, 3.8) is 0 Å². The standard InChI is InChI=1S/C5H10O5S/c1-4(11(7,8)9)3-10-5(2)6/h4H,3H2,1-2H3,(H,7,8,9). The highest BCUT2D eigenvalue weighted by atomic mass is 32.2. The largest absolute Gasteiger partial charge is 0.464 e. The maximum atomic E-state index is 10.3. The second kappa shape index (κ2) is 3.68. The summed E-state index contributed by atoms with van der Waals surface area (Å²) >= 11 is 0. The van der Waals surface area contributed by atoms with Crippen LogP contribution in [0.3, 0.4) is 0 Å². The molecular formula is C5H10O5S. The van der Waals surface area contributed by atoms with Crippen LogP contribution in [0.5, 0.6) is 0 Å². The van der Waals surface area contributed by atoms with E-state index < -0.39 is 21.3 Å². The monoisotopic (exact) mass is 182 g/mol. The molecule has 11 heavy (non-hydrogen) atoms. The van der Waals surface area contributed by atoms with Crippen LogP contribution in [-0.4, -0.2) is 30.8 Å². The zero-order valence-corrected chi connectivity index (χ0v) is 7.09. The van der Waals surface area contributed by atoms with Crippen LogP contribution in [0.25, 0.3) is 0 Å². The zero-order chi connectivity index (χ0) is 9.07. The summed E-state index contributed by atoms with van der Waals surface area (Å²) in [5.41, 5.74) is 0. The van der Waals surface area contributed by atoms with Gasteiger partial charge in [0.25, 0.3) is 10.1 Å². The van der Waals surface area contributed by atoms with E-state index in [-0.39, 0.29) is 6.61 Å². The van der Waals surface area contributed by atoms with Gasteiger partial charge in [-0.05, 0) is 6.92 Å². The molecule has 1 N–H and O–H groups in total. The van der Waals surface area contributed by atoms with Crippen LogP contribution in [0.4, 0.5) is 0 Å². The first kappa shape index (κ1) is 10.4. The summed E-state index contributed by atoms with van der Waals surface area (Å²) in [5, 5.41) is -1.06. The average Bonchev–Trinajstić information content (AvgIpc) is 1.80. The second-order valence-corrected chi connectivity index (χ2v) is 3.96. The summed E-state index contributed by atoms with van der Waals surface area (Å²) < 4.78 is 33.3. The van der Waals surface area contributed by atoms with Gasteiger partial charge in [0.15, 0.2) is 0 Å². The third kappa shape index (κ3) is 4.74. The van der Waals surface area contributed by atoms with Crippen molar-refractivity contribution in [3.8, 4) is 0 Å². The van der Waals surface area contributed by atoms with E-state index in [1.165, 1.54) is 6.92 Å². The van der Waals surface area contributed by atoms with Gasteiger partial charge in [-0.2, -0.15) is 8.42 Å². The van der Waals surface area contributed by atoms with Gasteiger partial charge in [0.1, 0.15) is 11.9 Å². The van der Waals surface area contributed by atoms with Gasteiger partial charge in [0.05, 0.1) is 0 Å². The van der Waals surface area contributed by atoms with Crippen molar-refractivity contribution < 1.29 is 22.5 Å². The van der Waals surface area contributed by atoms with Crippen molar-refractivity contribution in [1.29, 1.82) is 0 Å². The Balaban J connectivity index is 3.90. The Hall–Kier alpha value is -0.620. The molecule has 1 atom stereocenters. The minimum absolute atomic E-state index is 0.311. The first-order chi connectivity index (χ1) is 4.84. The molecule has 5 nitrogen and oxygen atoms in total. The van der Waals surface area contributed by atoms with Gasteiger partial charge in [-0.3, -0.25) is 9.35 Å². The SMILES string of the molecule is CC(=O)OCC(C)S(=O)(=O)O. The number of carbonyl (C=O) groups is 1. The van der Waals surface area contributed by atoms with E-state index in [4.69, 9.17) is 4.55 Å². The fourth-order valence-electron chi connectivity index (χ4n) is 0.321. The Morgan fingerprint density at radius 3 is 2.36 bits per heavy atom. The zero-order valence-electron chi connectivity index (χ0n) is 6.27. The second-order valence-electron chi connectivity index (χ2n) is 2.13. The summed E-state index contributed by atoms with van der Waals surface area (Å²) in [4.78, 5) is 10.2. The molecule has 66 valence electrons. The molecule has 0 aliphatic heterocycles. The van der Waals surface area contributed by atoms with E-state index in [0.717, 1.165) is 6.92 Å². The fraction of sp³-hybridized carbons (Fsp3) is 0.800. The van der Waals surface area contributed by atoms with Crippen LogP contribution in [0.15, 0.2) is 0 Å². The predicted octanol–water partition coefficient (Wildman–Crippen LogP) is -0.174. The summed E-state index contributed by atoms with van der Waals surface area (Å²) in [6.45, 7) is 2.10. The highest BCUT2D eigenvalue weighted by molar-refractivity contribution is 7.86. The lowest BCUT2D eigenvalue weighted by Crippen LogP contribution is -2.23. The highest BCUT2D eigenvalue weighted by Crippen LogP contribution is 1.97. The van der Waals surface area contributed by atoms with E-state index in [0.29, 0.717) is 0 Å². The molecule has 6 heteroatoms. The molecule has 0 aliphatic carbocycles. The Labute approximate surface area is 65.1 Å². The topological polar surface area (TPSA) is 80.7 Å². The van der Waals surface area contributed by atoms with Gasteiger partial charge < -0.3 is 4.74 Å². The summed E-state index contributed by atoms with van der Waals surface area (Å²) in [7, 11) is -4.08. The summed E-state index contributed by atoms with van der Waals surface area (Å²) in [6, 6.07) is 0. The lowest BCUT2D eigenvalue weighted by Gasteiger charge is -2.06. The first-order valence-corrected chi connectivity index (χ1v) is 4.44. The normalized spacial score (nSPS) is 14.1. The average molecular weight is 182 g/mol. The number of rotatable bonds is 3. The minimum atomic E-state index is -4.08. The Morgan fingerprint density at radius 2 is 2.09 bits per heavy atom. The third-order valence-electron chi connectivity index (χ3n) is 1.03. The van der Waals surface area contributed by atoms with E-state index in [1.807, 2.05) is 0 Å². The molecule has 0 saturated heterocycles. The molecular weight excluding hydrogens is 172 g/mol. The molecule has 1 unspecified atom stereocenters. The van der Waals surface area contributed by atoms with Crippen molar-refractivity contribution in [2.24, 2.45) is 0 Å². The van der Waals surface area contributed by atoms with Crippen molar-refractivity contribution in [3.05, 3.63) is 0 Å². The maximum Gasteiger partial charge on any atom is 0.302 e. The number of carbonyl (C=O) groups excluding carboxylic acids is 1. The van der Waals surface area contributed by atoms with Crippen LogP contribution in [0.2, 0.25) is 0 Å². The van der Waals surface area contributed by atoms with Gasteiger partial charge in [0, 0.05) is 6.92 Å². The Morgan fingerprint density at radius 1 is 1.64 bits per heavy atom. The molecule has 0 amide bonds. The van der Waals surface area contributed by atoms with Gasteiger partial charge >= 0.3 is 5.97 Å². The number of hydrogen-bond acceptors (Lipinski definition) is 4. The van der Waals surface area contributed by atoms with Crippen LogP contribution in [0.1, 0.15) is 13.8 Å². The molecule has 0 aromatic heterocycles. The van der Waals surface area contributed by atoms with E-state index in [1.54, 1.807) is 0 Å². The van der Waals surface area contributed by atoms with Crippen LogP contribution >= 0.6 is 0 Å². The molecule has 0 heterocycles. The van der Waals surface area contributed by atoms with Gasteiger partial charge in [-0.25, -0.2) is 0 Å². The van der Waals surface area contributed by atoms with Crippen LogP contribution in [0, 0.1) is 0 Å². The predicted molar refractivity (Wildman–Crippen MR) is 37.6 cm³/mol. The molecule has 0 spiro atoms. The molecule has 0 aromatic carbocycles. The van der Waals surface area contributed by atoms with Crippen LogP contribution in [-0.2, 0) is 19.6 Å². The van der Waals surface area contributed by atoms with Gasteiger partial charge in [-0.1, -0.05) is 0 Å². The minimum Gasteiger partial charge on any atom is -0.464 e. The van der Waals surface area contributed by atoms with E-state index in [9.17, 15) is 13.2 Å². The van der Waals surface area contributed by atoms with Gasteiger partial charge in [0.2, 0.25) is 0 Å². The van der Waals surface area contributed by atoms with Crippen LogP contribution < -0.4 is 0 Å². The molecule has 0 fully saturated rings. The lowest BCUT2D eigenvalue weighted by molar-refractivity contribution is -0.140. The lowest BCUT2D eigenvalue weighted by atomic mass is 10.5. The first-order valence-electron chi connectivity index (χ1n) is 2.93. The smallest absolute Gasteiger partial charge is 0.302 e. The molecule has 0 radical (unpaired) electrons. The van der Waals surface area contributed by atoms with Crippen molar-refractivity contribution >= 4 is 16.1 Å². The number of ether oxygens (including phenoxy) is 1. The van der Waals surface area contributed by atoms with E-state index in [2.05, 4.69) is 4.74 Å². The highest BCUT2D eigenvalue weighted by Gasteiger charge is 2.17. The molecule has 0 aromatic rings. The Kier molecular flexibility index (Phi) is 3.47. The summed E-state index contributed by atoms with van der Waals surface area (Å²) in [5.74, 6) is -0.569. The van der Waals surface area contributed by atoms with Gasteiger partial charge in [-0.15, -0.1) is 0 Å². The maximum absolute atomic E-state index is 10.3. The fourth-order valence-corrected chi connectivity index (χ4v) is 0.561. The summed E-state index contributed by atoms with van der Waals surface area (Å²) in [6.07, 6.45) is 0. The van der Waals surface area contributed by atoms with Crippen molar-refractivity contribution in [2.45, 2.75) is 19.1 Å². The molecule has 0 saturated carbocycles. The number of esters is 1. The molecule has 0 rings (SSSR count). The molecule has 0 bridgehead atoms. The quantitative estimate of drug-likeness (QED) is 0.484. The number of hydrogen-bond donors (Lipinski definition) is 1. The van der Waals surface area contributed by atoms with Crippen molar-refractivity contribution in [2.75, 3.05) is 6.61 Å². The molecule has 0 aliphatic rings. The van der Waals surface area contributed by atoms with E-state index >= 15 is 0 Å². The third-order valence-corrected chi connectivity index (χ3v) is 2.18. The van der Waals surface area contributed by atoms with Crippen molar-refractivity contribution in [1.82, 2.24) is 0 Å². The Bertz CT molecular complexity index is 229.